The summed E-state index contributed by atoms with van der Waals surface area (Å²) in [5, 5.41) is 14.4. The van der Waals surface area contributed by atoms with Crippen LogP contribution in [-0.2, 0) is 4.79 Å². The van der Waals surface area contributed by atoms with Crippen LogP contribution in [0.2, 0.25) is 0 Å². The molecule has 6 nitrogen and oxygen atoms in total. The van der Waals surface area contributed by atoms with Gasteiger partial charge in [0.2, 0.25) is 0 Å². The summed E-state index contributed by atoms with van der Waals surface area (Å²) < 4.78 is 0. The molecule has 0 aliphatic heterocycles. The first-order chi connectivity index (χ1) is 9.21. The minimum atomic E-state index is -1.05. The fraction of sp³-hybridized carbons (Fsp3) is 0.500. The number of rotatable bonds is 4. The van der Waals surface area contributed by atoms with Gasteiger partial charge < -0.3 is 15.7 Å². The maximum atomic E-state index is 11.9. The molecule has 1 aromatic heterocycles. The van der Waals surface area contributed by atoms with E-state index in [4.69, 9.17) is 5.11 Å². The zero-order chi connectivity index (χ0) is 15.3. The Kier molecular flexibility index (Phi) is 5.07. The van der Waals surface area contributed by atoms with E-state index in [0.29, 0.717) is 0 Å². The van der Waals surface area contributed by atoms with Crippen LogP contribution in [0.1, 0.15) is 39.3 Å². The van der Waals surface area contributed by atoms with Crippen molar-refractivity contribution in [2.75, 3.05) is 0 Å². The van der Waals surface area contributed by atoms with Gasteiger partial charge in [-0.3, -0.25) is 4.98 Å². The number of hydrogen-bond donors (Lipinski definition) is 3. The van der Waals surface area contributed by atoms with Gasteiger partial charge in [-0.1, -0.05) is 20.8 Å². The lowest BCUT2D eigenvalue weighted by Gasteiger charge is -2.28. The van der Waals surface area contributed by atoms with E-state index in [9.17, 15) is 9.59 Å². The Morgan fingerprint density at radius 2 is 1.75 bits per heavy atom. The molecule has 0 aliphatic carbocycles. The second kappa shape index (κ2) is 6.36. The first kappa shape index (κ1) is 15.9. The topological polar surface area (TPSA) is 91.3 Å². The van der Waals surface area contributed by atoms with Crippen molar-refractivity contribution in [3.8, 4) is 0 Å². The van der Waals surface area contributed by atoms with Crippen molar-refractivity contribution in [2.24, 2.45) is 5.41 Å². The van der Waals surface area contributed by atoms with E-state index in [0.717, 1.165) is 5.56 Å². The summed E-state index contributed by atoms with van der Waals surface area (Å²) in [6, 6.07) is 1.91. The van der Waals surface area contributed by atoms with E-state index in [1.165, 1.54) is 0 Å². The van der Waals surface area contributed by atoms with Crippen LogP contribution in [0.3, 0.4) is 0 Å². The Balaban J connectivity index is 2.65. The van der Waals surface area contributed by atoms with Gasteiger partial charge in [-0.2, -0.15) is 0 Å². The van der Waals surface area contributed by atoms with Gasteiger partial charge in [-0.25, -0.2) is 9.59 Å². The highest BCUT2D eigenvalue weighted by atomic mass is 16.4. The van der Waals surface area contributed by atoms with Gasteiger partial charge in [0, 0.05) is 12.4 Å². The first-order valence-corrected chi connectivity index (χ1v) is 6.41. The molecule has 6 heteroatoms. The van der Waals surface area contributed by atoms with Gasteiger partial charge in [0.1, 0.15) is 6.04 Å². The summed E-state index contributed by atoms with van der Waals surface area (Å²) in [4.78, 5) is 27.0. The number of carboxylic acids is 1. The number of carbonyl (C=O) groups excluding carboxylic acids is 1. The molecule has 0 saturated carbocycles. The molecule has 110 valence electrons. The molecule has 0 aliphatic rings. The maximum absolute atomic E-state index is 11.9. The number of pyridine rings is 1. The van der Waals surface area contributed by atoms with Crippen LogP contribution in [-0.4, -0.2) is 28.1 Å². The molecular formula is C14H21N3O3. The smallest absolute Gasteiger partial charge is 0.326 e. The number of aliphatic carboxylic acids is 1. The molecule has 0 spiro atoms. The molecule has 3 N–H and O–H groups in total. The average Bonchev–Trinajstić information content (AvgIpc) is 2.35. The summed E-state index contributed by atoms with van der Waals surface area (Å²) in [5.41, 5.74) is 0.334. The molecule has 20 heavy (non-hydrogen) atoms. The van der Waals surface area contributed by atoms with E-state index >= 15 is 0 Å². The highest BCUT2D eigenvalue weighted by molar-refractivity contribution is 5.83. The van der Waals surface area contributed by atoms with Crippen molar-refractivity contribution in [3.05, 3.63) is 30.1 Å². The molecule has 1 heterocycles. The number of nitrogens with one attached hydrogen (secondary N) is 2. The first-order valence-electron chi connectivity index (χ1n) is 6.41. The van der Waals surface area contributed by atoms with Crippen molar-refractivity contribution >= 4 is 12.0 Å². The van der Waals surface area contributed by atoms with Gasteiger partial charge in [0.25, 0.3) is 0 Å². The third-order valence-corrected chi connectivity index (χ3v) is 2.94. The van der Waals surface area contributed by atoms with Gasteiger partial charge in [0.05, 0.1) is 6.04 Å². The normalized spacial score (nSPS) is 14.2. The maximum Gasteiger partial charge on any atom is 0.326 e. The molecule has 0 saturated heterocycles. The summed E-state index contributed by atoms with van der Waals surface area (Å²) in [6.45, 7) is 7.11. The second-order valence-corrected chi connectivity index (χ2v) is 5.76. The Hall–Kier alpha value is -2.11. The van der Waals surface area contributed by atoms with Crippen LogP contribution in [0.15, 0.2) is 24.5 Å². The Morgan fingerprint density at radius 1 is 1.20 bits per heavy atom. The Morgan fingerprint density at radius 3 is 2.20 bits per heavy atom. The minimum absolute atomic E-state index is 0.229. The lowest BCUT2D eigenvalue weighted by molar-refractivity contribution is -0.141. The molecule has 1 rings (SSSR count). The molecular weight excluding hydrogens is 258 g/mol. The zero-order valence-corrected chi connectivity index (χ0v) is 12.2. The Bertz CT molecular complexity index is 468. The van der Waals surface area contributed by atoms with Crippen molar-refractivity contribution < 1.29 is 14.7 Å². The number of nitrogens with zero attached hydrogens (tertiary/aromatic N) is 1. The van der Waals surface area contributed by atoms with Crippen LogP contribution >= 0.6 is 0 Å². The van der Waals surface area contributed by atoms with Gasteiger partial charge in [-0.15, -0.1) is 0 Å². The zero-order valence-electron chi connectivity index (χ0n) is 12.2. The van der Waals surface area contributed by atoms with Gasteiger partial charge in [0.15, 0.2) is 0 Å². The van der Waals surface area contributed by atoms with Crippen LogP contribution in [0.4, 0.5) is 4.79 Å². The molecule has 0 aromatic carbocycles. The number of hydrogen-bond acceptors (Lipinski definition) is 3. The van der Waals surface area contributed by atoms with Gasteiger partial charge >= 0.3 is 12.0 Å². The Labute approximate surface area is 118 Å². The average molecular weight is 279 g/mol. The number of aromatic nitrogens is 1. The van der Waals surface area contributed by atoms with Crippen LogP contribution < -0.4 is 10.6 Å². The molecule has 1 aromatic rings. The summed E-state index contributed by atoms with van der Waals surface area (Å²) in [7, 11) is 0. The number of amides is 2. The molecule has 2 amide bonds. The van der Waals surface area contributed by atoms with Crippen LogP contribution in [0, 0.1) is 5.41 Å². The number of urea groups is 1. The summed E-state index contributed by atoms with van der Waals surface area (Å²) >= 11 is 0. The molecule has 1 unspecified atom stereocenters. The van der Waals surface area contributed by atoms with Crippen LogP contribution in [0.5, 0.6) is 0 Å². The second-order valence-electron chi connectivity index (χ2n) is 5.76. The standard InChI is InChI=1S/C14H21N3O3/c1-9(10-5-7-15-8-6-10)16-13(20)17-11(12(18)19)14(2,3)4/h5-9,11H,1-4H3,(H,18,19)(H2,16,17,20)/t9?,11-/m0/s1. The predicted molar refractivity (Wildman–Crippen MR) is 75.2 cm³/mol. The summed E-state index contributed by atoms with van der Waals surface area (Å²) in [5.74, 6) is -1.05. The van der Waals surface area contributed by atoms with E-state index < -0.39 is 23.5 Å². The predicted octanol–water partition coefficient (Wildman–Crippen LogP) is 1.94. The van der Waals surface area contributed by atoms with Crippen molar-refractivity contribution in [3.63, 3.8) is 0 Å². The lowest BCUT2D eigenvalue weighted by atomic mass is 9.87. The van der Waals surface area contributed by atoms with E-state index in [2.05, 4.69) is 15.6 Å². The van der Waals surface area contributed by atoms with Gasteiger partial charge in [-0.05, 0) is 30.0 Å². The van der Waals surface area contributed by atoms with Crippen molar-refractivity contribution in [1.82, 2.24) is 15.6 Å². The lowest BCUT2D eigenvalue weighted by Crippen LogP contribution is -2.52. The fourth-order valence-electron chi connectivity index (χ4n) is 1.75. The molecule has 0 bridgehead atoms. The third-order valence-electron chi connectivity index (χ3n) is 2.94. The minimum Gasteiger partial charge on any atom is -0.480 e. The van der Waals surface area contributed by atoms with Crippen LogP contribution in [0.25, 0.3) is 0 Å². The quantitative estimate of drug-likeness (QED) is 0.785. The highest BCUT2D eigenvalue weighted by Gasteiger charge is 2.32. The van der Waals surface area contributed by atoms with E-state index in [1.807, 2.05) is 6.92 Å². The SMILES string of the molecule is CC(NC(=O)N[C@@H](C(=O)O)C(C)(C)C)c1ccncc1. The number of carbonyl (C=O) groups is 2. The largest absolute Gasteiger partial charge is 0.480 e. The highest BCUT2D eigenvalue weighted by Crippen LogP contribution is 2.19. The molecule has 0 fully saturated rings. The van der Waals surface area contributed by atoms with Crippen molar-refractivity contribution in [2.45, 2.75) is 39.8 Å². The third kappa shape index (κ3) is 4.53. The monoisotopic (exact) mass is 279 g/mol. The fourth-order valence-corrected chi connectivity index (χ4v) is 1.75. The van der Waals surface area contributed by atoms with Crippen molar-refractivity contribution in [1.29, 1.82) is 0 Å². The molecule has 0 radical (unpaired) electrons. The number of carboxylic acid groups (broad SMARTS) is 1. The van der Waals surface area contributed by atoms with E-state index in [1.54, 1.807) is 45.3 Å². The van der Waals surface area contributed by atoms with E-state index in [-0.39, 0.29) is 6.04 Å². The summed E-state index contributed by atoms with van der Waals surface area (Å²) in [6.07, 6.45) is 3.28. The molecule has 2 atom stereocenters.